The Hall–Kier alpha value is -2.68. The summed E-state index contributed by atoms with van der Waals surface area (Å²) in [6.45, 7) is 4.27. The summed E-state index contributed by atoms with van der Waals surface area (Å²) in [7, 11) is 0. The standard InChI is InChI=1S/C17H22N6O3/c24-16(25)17(23-6-3-18-13-23)1-4-21(5-2-17)14-11-15(20-12-19-14)22-7-9-26-10-8-22/h3,6,11-13H,1-2,4-5,7-10H2,(H,24,25). The third-order valence-electron chi connectivity index (χ3n) is 5.28. The molecule has 9 heteroatoms. The zero-order valence-corrected chi connectivity index (χ0v) is 14.5. The van der Waals surface area contributed by atoms with Crippen molar-refractivity contribution in [1.82, 2.24) is 19.5 Å². The molecular weight excluding hydrogens is 336 g/mol. The fourth-order valence-corrected chi connectivity index (χ4v) is 3.68. The number of carbonyl (C=O) groups is 1. The van der Waals surface area contributed by atoms with Crippen LogP contribution in [-0.2, 0) is 15.1 Å². The Kier molecular flexibility index (Phi) is 4.46. The van der Waals surface area contributed by atoms with Crippen molar-refractivity contribution in [3.63, 3.8) is 0 Å². The fraction of sp³-hybridized carbons (Fsp3) is 0.529. The van der Waals surface area contributed by atoms with E-state index in [9.17, 15) is 9.90 Å². The monoisotopic (exact) mass is 358 g/mol. The van der Waals surface area contributed by atoms with E-state index in [1.807, 2.05) is 6.07 Å². The number of anilines is 2. The number of ether oxygens (including phenoxy) is 1. The topological polar surface area (TPSA) is 96.6 Å². The van der Waals surface area contributed by atoms with Crippen LogP contribution in [-0.4, -0.2) is 70.0 Å². The third kappa shape index (κ3) is 2.98. The molecule has 0 radical (unpaired) electrons. The smallest absolute Gasteiger partial charge is 0.330 e. The van der Waals surface area contributed by atoms with Gasteiger partial charge in [-0.15, -0.1) is 0 Å². The predicted octanol–water partition coefficient (Wildman–Crippen LogP) is 0.590. The molecule has 2 fully saturated rings. The number of hydrogen-bond donors (Lipinski definition) is 1. The van der Waals surface area contributed by atoms with E-state index in [4.69, 9.17) is 4.74 Å². The highest BCUT2D eigenvalue weighted by molar-refractivity contribution is 5.77. The second kappa shape index (κ2) is 6.91. The van der Waals surface area contributed by atoms with Crippen LogP contribution in [0.3, 0.4) is 0 Å². The molecule has 0 amide bonds. The number of aliphatic carboxylic acids is 1. The van der Waals surface area contributed by atoms with Crippen LogP contribution in [0.1, 0.15) is 12.8 Å². The highest BCUT2D eigenvalue weighted by atomic mass is 16.5. The summed E-state index contributed by atoms with van der Waals surface area (Å²) in [5.41, 5.74) is -0.937. The van der Waals surface area contributed by atoms with Crippen molar-refractivity contribution >= 4 is 17.6 Å². The minimum Gasteiger partial charge on any atom is -0.479 e. The van der Waals surface area contributed by atoms with Gasteiger partial charge in [0.25, 0.3) is 0 Å². The van der Waals surface area contributed by atoms with Gasteiger partial charge in [0, 0.05) is 44.6 Å². The van der Waals surface area contributed by atoms with Crippen LogP contribution in [0.5, 0.6) is 0 Å². The van der Waals surface area contributed by atoms with Gasteiger partial charge in [0.1, 0.15) is 23.5 Å². The lowest BCUT2D eigenvalue weighted by atomic mass is 9.87. The van der Waals surface area contributed by atoms with Crippen molar-refractivity contribution in [2.24, 2.45) is 0 Å². The summed E-state index contributed by atoms with van der Waals surface area (Å²) in [6, 6.07) is 1.98. The van der Waals surface area contributed by atoms with Crippen LogP contribution in [0.15, 0.2) is 31.1 Å². The van der Waals surface area contributed by atoms with Crippen molar-refractivity contribution in [3.05, 3.63) is 31.1 Å². The van der Waals surface area contributed by atoms with Gasteiger partial charge in [0.15, 0.2) is 0 Å². The molecule has 9 nitrogen and oxygen atoms in total. The molecule has 26 heavy (non-hydrogen) atoms. The molecule has 2 aromatic heterocycles. The number of morpholine rings is 1. The summed E-state index contributed by atoms with van der Waals surface area (Å²) in [6.07, 6.45) is 7.51. The minimum absolute atomic E-state index is 0.496. The van der Waals surface area contributed by atoms with E-state index < -0.39 is 11.5 Å². The first-order valence-corrected chi connectivity index (χ1v) is 8.81. The first-order valence-electron chi connectivity index (χ1n) is 8.81. The van der Waals surface area contributed by atoms with Crippen LogP contribution in [0.25, 0.3) is 0 Å². The fourth-order valence-electron chi connectivity index (χ4n) is 3.68. The second-order valence-electron chi connectivity index (χ2n) is 6.63. The van der Waals surface area contributed by atoms with Gasteiger partial charge >= 0.3 is 5.97 Å². The highest BCUT2D eigenvalue weighted by Crippen LogP contribution is 2.32. The maximum Gasteiger partial charge on any atom is 0.330 e. The number of imidazole rings is 1. The van der Waals surface area contributed by atoms with Crippen molar-refractivity contribution < 1.29 is 14.6 Å². The van der Waals surface area contributed by atoms with Crippen LogP contribution in [0.4, 0.5) is 11.6 Å². The largest absolute Gasteiger partial charge is 0.479 e. The van der Waals surface area contributed by atoms with Crippen LogP contribution in [0.2, 0.25) is 0 Å². The number of nitrogens with zero attached hydrogens (tertiary/aromatic N) is 6. The highest BCUT2D eigenvalue weighted by Gasteiger charge is 2.43. The van der Waals surface area contributed by atoms with Crippen molar-refractivity contribution in [2.45, 2.75) is 18.4 Å². The van der Waals surface area contributed by atoms with E-state index in [0.717, 1.165) is 24.7 Å². The maximum atomic E-state index is 12.0. The Labute approximate surface area is 151 Å². The van der Waals surface area contributed by atoms with Gasteiger partial charge in [-0.1, -0.05) is 0 Å². The Morgan fingerprint density at radius 1 is 1.08 bits per heavy atom. The molecule has 4 rings (SSSR count). The van der Waals surface area contributed by atoms with E-state index in [2.05, 4.69) is 24.8 Å². The van der Waals surface area contributed by atoms with Crippen LogP contribution >= 0.6 is 0 Å². The van der Waals surface area contributed by atoms with Gasteiger partial charge in [-0.05, 0) is 12.8 Å². The first-order chi connectivity index (χ1) is 12.7. The van der Waals surface area contributed by atoms with E-state index in [-0.39, 0.29) is 0 Å². The molecule has 0 aliphatic carbocycles. The Balaban J connectivity index is 1.50. The summed E-state index contributed by atoms with van der Waals surface area (Å²) in [5.74, 6) is 0.918. The third-order valence-corrected chi connectivity index (χ3v) is 5.28. The molecule has 0 spiro atoms. The molecular formula is C17H22N6O3. The maximum absolute atomic E-state index is 12.0. The predicted molar refractivity (Wildman–Crippen MR) is 94.3 cm³/mol. The average molecular weight is 358 g/mol. The molecule has 2 aliphatic heterocycles. The van der Waals surface area contributed by atoms with E-state index in [0.29, 0.717) is 39.1 Å². The molecule has 138 valence electrons. The molecule has 1 N–H and O–H groups in total. The van der Waals surface area contributed by atoms with Gasteiger partial charge in [-0.2, -0.15) is 0 Å². The Bertz CT molecular complexity index is 752. The van der Waals surface area contributed by atoms with Crippen molar-refractivity contribution in [3.8, 4) is 0 Å². The summed E-state index contributed by atoms with van der Waals surface area (Å²) in [4.78, 5) is 29.1. The van der Waals surface area contributed by atoms with E-state index in [1.54, 1.807) is 29.6 Å². The lowest BCUT2D eigenvalue weighted by Gasteiger charge is -2.40. The van der Waals surface area contributed by atoms with Gasteiger partial charge in [-0.3, -0.25) is 0 Å². The number of hydrogen-bond acceptors (Lipinski definition) is 7. The SMILES string of the molecule is O=C(O)C1(n2ccnc2)CCN(c2cc(N3CCOCC3)ncn2)CC1. The van der Waals surface area contributed by atoms with Gasteiger partial charge in [0.2, 0.25) is 0 Å². The molecule has 0 saturated carbocycles. The van der Waals surface area contributed by atoms with Crippen LogP contribution < -0.4 is 9.80 Å². The minimum atomic E-state index is -0.937. The number of carboxylic acid groups (broad SMARTS) is 1. The molecule has 2 aliphatic rings. The molecule has 2 aromatic rings. The second-order valence-corrected chi connectivity index (χ2v) is 6.63. The Morgan fingerprint density at radius 2 is 1.73 bits per heavy atom. The van der Waals surface area contributed by atoms with Gasteiger partial charge < -0.3 is 24.2 Å². The quantitative estimate of drug-likeness (QED) is 0.848. The zero-order valence-electron chi connectivity index (χ0n) is 14.5. The number of piperidine rings is 1. The lowest BCUT2D eigenvalue weighted by molar-refractivity contribution is -0.148. The Morgan fingerprint density at radius 3 is 2.31 bits per heavy atom. The lowest BCUT2D eigenvalue weighted by Crippen LogP contribution is -2.51. The van der Waals surface area contributed by atoms with E-state index >= 15 is 0 Å². The number of aromatic nitrogens is 4. The van der Waals surface area contributed by atoms with E-state index in [1.165, 1.54) is 0 Å². The van der Waals surface area contributed by atoms with Gasteiger partial charge in [-0.25, -0.2) is 19.7 Å². The summed E-state index contributed by atoms with van der Waals surface area (Å²) in [5, 5.41) is 9.82. The number of carboxylic acids is 1. The van der Waals surface area contributed by atoms with Crippen LogP contribution in [0, 0.1) is 0 Å². The number of rotatable bonds is 4. The normalized spacial score (nSPS) is 20.2. The first kappa shape index (κ1) is 16.8. The summed E-state index contributed by atoms with van der Waals surface area (Å²) < 4.78 is 7.10. The van der Waals surface area contributed by atoms with Crippen molar-refractivity contribution in [1.29, 1.82) is 0 Å². The van der Waals surface area contributed by atoms with Crippen molar-refractivity contribution in [2.75, 3.05) is 49.2 Å². The molecule has 0 bridgehead atoms. The molecule has 0 unspecified atom stereocenters. The zero-order chi connectivity index (χ0) is 18.0. The molecule has 4 heterocycles. The molecule has 2 saturated heterocycles. The molecule has 0 atom stereocenters. The average Bonchev–Trinajstić information content (AvgIpc) is 3.24. The van der Waals surface area contributed by atoms with Gasteiger partial charge in [0.05, 0.1) is 19.5 Å². The molecule has 0 aromatic carbocycles. The summed E-state index contributed by atoms with van der Waals surface area (Å²) >= 11 is 0.